The number of amides is 1. The Kier molecular flexibility index (Phi) is 6.36. The summed E-state index contributed by atoms with van der Waals surface area (Å²) in [4.78, 5) is 26.2. The van der Waals surface area contributed by atoms with Crippen molar-refractivity contribution in [2.24, 2.45) is 0 Å². The van der Waals surface area contributed by atoms with Crippen molar-refractivity contribution in [3.05, 3.63) is 124 Å². The second-order valence-corrected chi connectivity index (χ2v) is 8.68. The number of hydrogen-bond acceptors (Lipinski definition) is 5. The minimum absolute atomic E-state index is 0.0742. The first-order chi connectivity index (χ1) is 17.5. The van der Waals surface area contributed by atoms with Gasteiger partial charge in [-0.15, -0.1) is 0 Å². The number of aryl methyl sites for hydroxylation is 1. The number of fused-ring (bicyclic) bond motifs is 1. The minimum atomic E-state index is -0.382. The third kappa shape index (κ3) is 5.05. The van der Waals surface area contributed by atoms with Crippen LogP contribution in [0.25, 0.3) is 16.7 Å². The molecule has 2 aromatic heterocycles. The number of hydrogen-bond donors (Lipinski definition) is 0. The molecule has 36 heavy (non-hydrogen) atoms. The monoisotopic (exact) mass is 479 g/mol. The molecule has 0 N–H and O–H groups in total. The fourth-order valence-corrected chi connectivity index (χ4v) is 4.03. The Labute approximate surface area is 208 Å². The number of carbonyl (C=O) groups is 1. The second-order valence-electron chi connectivity index (χ2n) is 8.68. The van der Waals surface area contributed by atoms with Gasteiger partial charge in [-0.3, -0.25) is 4.79 Å². The van der Waals surface area contributed by atoms with Crippen LogP contribution in [0.5, 0.6) is 5.75 Å². The van der Waals surface area contributed by atoms with E-state index in [1.165, 1.54) is 6.07 Å². The Bertz CT molecular complexity index is 1570. The molecule has 0 spiro atoms. The number of ether oxygens (including phenoxy) is 1. The van der Waals surface area contributed by atoms with E-state index in [-0.39, 0.29) is 11.5 Å². The van der Waals surface area contributed by atoms with Crippen molar-refractivity contribution in [3.63, 3.8) is 0 Å². The summed E-state index contributed by atoms with van der Waals surface area (Å²) in [6.07, 6.45) is 3.70. The lowest BCUT2D eigenvalue weighted by molar-refractivity contribution is 0.0785. The Morgan fingerprint density at radius 3 is 2.56 bits per heavy atom. The molecule has 3 aromatic carbocycles. The van der Waals surface area contributed by atoms with Gasteiger partial charge < -0.3 is 14.1 Å². The molecule has 0 fully saturated rings. The van der Waals surface area contributed by atoms with Crippen molar-refractivity contribution in [3.8, 4) is 11.4 Å². The van der Waals surface area contributed by atoms with E-state index < -0.39 is 0 Å². The number of rotatable bonds is 7. The first-order valence-corrected chi connectivity index (χ1v) is 11.6. The van der Waals surface area contributed by atoms with Gasteiger partial charge in [-0.05, 0) is 54.4 Å². The number of benzene rings is 3. The zero-order valence-electron chi connectivity index (χ0n) is 20.0. The van der Waals surface area contributed by atoms with E-state index in [0.717, 1.165) is 27.8 Å². The van der Waals surface area contributed by atoms with Crippen LogP contribution in [0.3, 0.4) is 0 Å². The van der Waals surface area contributed by atoms with Crippen molar-refractivity contribution < 1.29 is 13.9 Å². The Hall–Kier alpha value is -4.65. The topological polar surface area (TPSA) is 77.6 Å². The molecule has 1 amide bonds. The summed E-state index contributed by atoms with van der Waals surface area (Å²) < 4.78 is 13.0. The summed E-state index contributed by atoms with van der Waals surface area (Å²) in [5.41, 5.74) is 4.41. The smallest absolute Gasteiger partial charge is 0.336 e. The van der Waals surface area contributed by atoms with Crippen LogP contribution >= 0.6 is 0 Å². The highest BCUT2D eigenvalue weighted by Gasteiger charge is 2.13. The molecular formula is C29H25N3O4. The molecule has 7 heteroatoms. The molecule has 0 saturated heterocycles. The molecule has 5 rings (SSSR count). The predicted octanol–water partition coefficient (Wildman–Crippen LogP) is 5.14. The van der Waals surface area contributed by atoms with Gasteiger partial charge in [0.25, 0.3) is 5.91 Å². The van der Waals surface area contributed by atoms with Crippen molar-refractivity contribution >= 4 is 16.9 Å². The van der Waals surface area contributed by atoms with Gasteiger partial charge in [0.1, 0.15) is 17.9 Å². The van der Waals surface area contributed by atoms with Crippen LogP contribution < -0.4 is 10.4 Å². The van der Waals surface area contributed by atoms with Crippen LogP contribution in [0.4, 0.5) is 0 Å². The van der Waals surface area contributed by atoms with Gasteiger partial charge in [-0.2, -0.15) is 5.10 Å². The maximum atomic E-state index is 12.9. The molecule has 0 radical (unpaired) electrons. The zero-order chi connectivity index (χ0) is 25.1. The molecule has 0 aliphatic carbocycles. The summed E-state index contributed by atoms with van der Waals surface area (Å²) in [5.74, 6) is 0.530. The quantitative estimate of drug-likeness (QED) is 0.302. The van der Waals surface area contributed by atoms with Crippen LogP contribution in [-0.4, -0.2) is 27.6 Å². The molecule has 0 atom stereocenters. The maximum Gasteiger partial charge on any atom is 0.336 e. The van der Waals surface area contributed by atoms with Gasteiger partial charge in [0.15, 0.2) is 0 Å². The molecule has 0 bridgehead atoms. The maximum absolute atomic E-state index is 12.9. The molecule has 2 heterocycles. The van der Waals surface area contributed by atoms with Crippen LogP contribution in [0.2, 0.25) is 0 Å². The van der Waals surface area contributed by atoms with Gasteiger partial charge >= 0.3 is 5.63 Å². The van der Waals surface area contributed by atoms with E-state index in [9.17, 15) is 9.59 Å². The summed E-state index contributed by atoms with van der Waals surface area (Å²) in [7, 11) is 1.78. The van der Waals surface area contributed by atoms with Gasteiger partial charge in [0.05, 0.1) is 11.9 Å². The SMILES string of the molecule is Cc1cc(=O)oc2cc(OCc3ccc(C(=O)N(C)Cc4cnn(-c5ccccc5)c4)cc3)ccc12. The zero-order valence-corrected chi connectivity index (χ0v) is 20.0. The summed E-state index contributed by atoms with van der Waals surface area (Å²) in [6, 6.07) is 24.1. The largest absolute Gasteiger partial charge is 0.489 e. The number of carbonyl (C=O) groups excluding carboxylic acids is 1. The summed E-state index contributed by atoms with van der Waals surface area (Å²) in [5, 5.41) is 5.27. The van der Waals surface area contributed by atoms with Crippen LogP contribution in [0.15, 0.2) is 100 Å². The minimum Gasteiger partial charge on any atom is -0.489 e. The normalized spacial score (nSPS) is 10.9. The first kappa shape index (κ1) is 23.1. The van der Waals surface area contributed by atoms with Crippen LogP contribution in [-0.2, 0) is 13.2 Å². The lowest BCUT2D eigenvalue weighted by atomic mass is 10.1. The van der Waals surface area contributed by atoms with E-state index in [2.05, 4.69) is 5.10 Å². The average Bonchev–Trinajstić information content (AvgIpc) is 3.36. The predicted molar refractivity (Wildman–Crippen MR) is 137 cm³/mol. The highest BCUT2D eigenvalue weighted by Crippen LogP contribution is 2.23. The summed E-state index contributed by atoms with van der Waals surface area (Å²) in [6.45, 7) is 2.65. The molecular weight excluding hydrogens is 454 g/mol. The van der Waals surface area contributed by atoms with Crippen LogP contribution in [0.1, 0.15) is 27.0 Å². The highest BCUT2D eigenvalue weighted by atomic mass is 16.5. The standard InChI is InChI=1S/C29H25N3O4/c1-20-14-28(33)36-27-15-25(12-13-26(20)27)35-19-21-8-10-23(11-9-21)29(34)31(2)17-22-16-30-32(18-22)24-6-4-3-5-7-24/h3-16,18H,17,19H2,1-2H3. The molecule has 180 valence electrons. The molecule has 0 saturated carbocycles. The van der Waals surface area contributed by atoms with Crippen LogP contribution in [0, 0.1) is 6.92 Å². The molecule has 0 unspecified atom stereocenters. The summed E-state index contributed by atoms with van der Waals surface area (Å²) >= 11 is 0. The molecule has 0 aliphatic rings. The van der Waals surface area contributed by atoms with Gasteiger partial charge in [-0.25, -0.2) is 9.48 Å². The lowest BCUT2D eigenvalue weighted by Gasteiger charge is -2.16. The lowest BCUT2D eigenvalue weighted by Crippen LogP contribution is -2.26. The number of aromatic nitrogens is 2. The fourth-order valence-electron chi connectivity index (χ4n) is 4.03. The second kappa shape index (κ2) is 9.92. The number of nitrogens with zero attached hydrogens (tertiary/aromatic N) is 3. The van der Waals surface area contributed by atoms with E-state index in [1.807, 2.05) is 67.7 Å². The highest BCUT2D eigenvalue weighted by molar-refractivity contribution is 5.94. The third-order valence-electron chi connectivity index (χ3n) is 5.95. The fraction of sp³-hybridized carbons (Fsp3) is 0.138. The van der Waals surface area contributed by atoms with Gasteiger partial charge in [0, 0.05) is 48.4 Å². The molecule has 0 aliphatic heterocycles. The van der Waals surface area contributed by atoms with Crippen molar-refractivity contribution in [1.82, 2.24) is 14.7 Å². The third-order valence-corrected chi connectivity index (χ3v) is 5.95. The van der Waals surface area contributed by atoms with Crippen molar-refractivity contribution in [2.75, 3.05) is 7.05 Å². The van der Waals surface area contributed by atoms with Gasteiger partial charge in [0.2, 0.25) is 0 Å². The van der Waals surface area contributed by atoms with E-state index >= 15 is 0 Å². The van der Waals surface area contributed by atoms with E-state index in [4.69, 9.17) is 9.15 Å². The first-order valence-electron chi connectivity index (χ1n) is 11.6. The van der Waals surface area contributed by atoms with Gasteiger partial charge in [-0.1, -0.05) is 30.3 Å². The van der Waals surface area contributed by atoms with Crippen molar-refractivity contribution in [1.29, 1.82) is 0 Å². The number of para-hydroxylation sites is 1. The molecule has 5 aromatic rings. The van der Waals surface area contributed by atoms with E-state index in [1.54, 1.807) is 41.0 Å². The Balaban J connectivity index is 1.20. The average molecular weight is 480 g/mol. The Morgan fingerprint density at radius 1 is 1.00 bits per heavy atom. The van der Waals surface area contributed by atoms with Crippen molar-refractivity contribution in [2.45, 2.75) is 20.1 Å². The molecule has 7 nitrogen and oxygen atoms in total. The Morgan fingerprint density at radius 2 is 1.78 bits per heavy atom. The van der Waals surface area contributed by atoms with E-state index in [0.29, 0.717) is 30.0 Å².